The SMILES string of the molecule is C(=Cc1ccc(CN2CCNCC2)cc1)COc1ccccc1. The standard InChI is InChI=1S/C20H24N2O/c1-2-6-20(7-3-1)23-16-4-5-18-8-10-19(11-9-18)17-22-14-12-21-13-15-22/h1-11,21H,12-17H2. The van der Waals surface area contributed by atoms with Gasteiger partial charge in [0.25, 0.3) is 0 Å². The maximum atomic E-state index is 5.65. The number of nitrogens with zero attached hydrogens (tertiary/aromatic N) is 1. The lowest BCUT2D eigenvalue weighted by atomic mass is 10.1. The Labute approximate surface area is 138 Å². The molecule has 0 atom stereocenters. The van der Waals surface area contributed by atoms with Crippen LogP contribution in [0.4, 0.5) is 0 Å². The van der Waals surface area contributed by atoms with E-state index in [4.69, 9.17) is 4.74 Å². The van der Waals surface area contributed by atoms with Crippen molar-refractivity contribution in [1.29, 1.82) is 0 Å². The molecule has 0 aliphatic carbocycles. The van der Waals surface area contributed by atoms with Crippen molar-refractivity contribution in [1.82, 2.24) is 10.2 Å². The van der Waals surface area contributed by atoms with Crippen LogP contribution >= 0.6 is 0 Å². The molecular formula is C20H24N2O. The molecule has 0 spiro atoms. The Morgan fingerprint density at radius 2 is 1.70 bits per heavy atom. The molecule has 3 rings (SSSR count). The van der Waals surface area contributed by atoms with Crippen LogP contribution in [0.2, 0.25) is 0 Å². The van der Waals surface area contributed by atoms with Gasteiger partial charge < -0.3 is 10.1 Å². The maximum absolute atomic E-state index is 5.65. The largest absolute Gasteiger partial charge is 0.490 e. The zero-order valence-electron chi connectivity index (χ0n) is 13.4. The maximum Gasteiger partial charge on any atom is 0.119 e. The first-order chi connectivity index (χ1) is 11.4. The summed E-state index contributed by atoms with van der Waals surface area (Å²) in [5.74, 6) is 0.906. The number of hydrogen-bond acceptors (Lipinski definition) is 3. The monoisotopic (exact) mass is 308 g/mol. The Morgan fingerprint density at radius 1 is 0.957 bits per heavy atom. The minimum absolute atomic E-state index is 0.590. The Hall–Kier alpha value is -2.10. The van der Waals surface area contributed by atoms with Gasteiger partial charge in [-0.25, -0.2) is 0 Å². The number of benzene rings is 2. The van der Waals surface area contributed by atoms with E-state index in [9.17, 15) is 0 Å². The summed E-state index contributed by atoms with van der Waals surface area (Å²) in [6.45, 7) is 6.11. The van der Waals surface area contributed by atoms with Gasteiger partial charge in [-0.05, 0) is 29.3 Å². The Balaban J connectivity index is 1.46. The summed E-state index contributed by atoms with van der Waals surface area (Å²) in [6.07, 6.45) is 4.16. The molecule has 2 aromatic rings. The van der Waals surface area contributed by atoms with Crippen molar-refractivity contribution in [3.8, 4) is 5.75 Å². The van der Waals surface area contributed by atoms with Crippen LogP contribution in [0.25, 0.3) is 6.08 Å². The highest BCUT2D eigenvalue weighted by Crippen LogP contribution is 2.11. The van der Waals surface area contributed by atoms with Gasteiger partial charge in [-0.15, -0.1) is 0 Å². The highest BCUT2D eigenvalue weighted by atomic mass is 16.5. The van der Waals surface area contributed by atoms with Gasteiger partial charge in [0.15, 0.2) is 0 Å². The molecule has 1 heterocycles. The van der Waals surface area contributed by atoms with Crippen molar-refractivity contribution in [3.05, 3.63) is 71.8 Å². The second-order valence-electron chi connectivity index (χ2n) is 5.79. The van der Waals surface area contributed by atoms with Crippen LogP contribution in [0.15, 0.2) is 60.7 Å². The quantitative estimate of drug-likeness (QED) is 0.887. The predicted octanol–water partition coefficient (Wildman–Crippen LogP) is 3.18. The second kappa shape index (κ2) is 8.51. The summed E-state index contributed by atoms with van der Waals surface area (Å²) >= 11 is 0. The summed E-state index contributed by atoms with van der Waals surface area (Å²) in [5.41, 5.74) is 2.59. The fourth-order valence-electron chi connectivity index (χ4n) is 2.71. The number of rotatable bonds is 6. The average Bonchev–Trinajstić information content (AvgIpc) is 2.62. The van der Waals surface area contributed by atoms with Crippen LogP contribution in [0, 0.1) is 0 Å². The summed E-state index contributed by atoms with van der Waals surface area (Å²) < 4.78 is 5.65. The van der Waals surface area contributed by atoms with Crippen LogP contribution in [0.1, 0.15) is 11.1 Å². The van der Waals surface area contributed by atoms with Crippen molar-refractivity contribution in [2.75, 3.05) is 32.8 Å². The van der Waals surface area contributed by atoms with Crippen LogP contribution in [0.3, 0.4) is 0 Å². The molecule has 0 aromatic heterocycles. The van der Waals surface area contributed by atoms with E-state index < -0.39 is 0 Å². The number of ether oxygens (including phenoxy) is 1. The normalized spacial score (nSPS) is 15.8. The molecule has 23 heavy (non-hydrogen) atoms. The number of hydrogen-bond donors (Lipinski definition) is 1. The van der Waals surface area contributed by atoms with E-state index in [1.54, 1.807) is 0 Å². The fourth-order valence-corrected chi connectivity index (χ4v) is 2.71. The molecular weight excluding hydrogens is 284 g/mol. The molecule has 1 N–H and O–H groups in total. The molecule has 2 aromatic carbocycles. The van der Waals surface area contributed by atoms with E-state index in [2.05, 4.69) is 46.6 Å². The molecule has 1 saturated heterocycles. The van der Waals surface area contributed by atoms with Gasteiger partial charge in [-0.3, -0.25) is 4.90 Å². The molecule has 3 heteroatoms. The molecule has 0 bridgehead atoms. The number of para-hydroxylation sites is 1. The lowest BCUT2D eigenvalue weighted by Crippen LogP contribution is -2.42. The number of nitrogens with one attached hydrogen (secondary N) is 1. The molecule has 120 valence electrons. The molecule has 0 saturated carbocycles. The van der Waals surface area contributed by atoms with Crippen molar-refractivity contribution >= 4 is 6.08 Å². The van der Waals surface area contributed by atoms with Crippen molar-refractivity contribution in [2.24, 2.45) is 0 Å². The lowest BCUT2D eigenvalue weighted by Gasteiger charge is -2.27. The molecule has 1 aliphatic heterocycles. The second-order valence-corrected chi connectivity index (χ2v) is 5.79. The van der Waals surface area contributed by atoms with Gasteiger partial charge in [0.1, 0.15) is 12.4 Å². The summed E-state index contributed by atoms with van der Waals surface area (Å²) in [4.78, 5) is 2.50. The summed E-state index contributed by atoms with van der Waals surface area (Å²) in [5, 5.41) is 3.39. The third kappa shape index (κ3) is 5.23. The van der Waals surface area contributed by atoms with Gasteiger partial charge in [-0.2, -0.15) is 0 Å². The predicted molar refractivity (Wildman–Crippen MR) is 95.6 cm³/mol. The van der Waals surface area contributed by atoms with Crippen LogP contribution in [-0.4, -0.2) is 37.7 Å². The molecule has 0 radical (unpaired) electrons. The van der Waals surface area contributed by atoms with Crippen LogP contribution < -0.4 is 10.1 Å². The zero-order chi connectivity index (χ0) is 15.7. The smallest absolute Gasteiger partial charge is 0.119 e. The minimum Gasteiger partial charge on any atom is -0.490 e. The highest BCUT2D eigenvalue weighted by Gasteiger charge is 2.09. The summed E-state index contributed by atoms with van der Waals surface area (Å²) in [7, 11) is 0. The highest BCUT2D eigenvalue weighted by molar-refractivity contribution is 5.49. The molecule has 1 aliphatic rings. The average molecular weight is 308 g/mol. The lowest BCUT2D eigenvalue weighted by molar-refractivity contribution is 0.233. The molecule has 1 fully saturated rings. The van der Waals surface area contributed by atoms with Crippen molar-refractivity contribution in [2.45, 2.75) is 6.54 Å². The van der Waals surface area contributed by atoms with Gasteiger partial charge in [0.05, 0.1) is 0 Å². The summed E-state index contributed by atoms with van der Waals surface area (Å²) in [6, 6.07) is 18.7. The Kier molecular flexibility index (Phi) is 5.84. The van der Waals surface area contributed by atoms with Gasteiger partial charge in [-0.1, -0.05) is 48.5 Å². The van der Waals surface area contributed by atoms with Crippen LogP contribution in [-0.2, 0) is 6.54 Å². The first kappa shape index (κ1) is 15.8. The van der Waals surface area contributed by atoms with Crippen molar-refractivity contribution in [3.63, 3.8) is 0 Å². The van der Waals surface area contributed by atoms with E-state index in [0.717, 1.165) is 38.5 Å². The fraction of sp³-hybridized carbons (Fsp3) is 0.300. The van der Waals surface area contributed by atoms with Gasteiger partial charge in [0, 0.05) is 32.7 Å². The van der Waals surface area contributed by atoms with E-state index in [1.807, 2.05) is 30.3 Å². The van der Waals surface area contributed by atoms with E-state index in [1.165, 1.54) is 11.1 Å². The first-order valence-electron chi connectivity index (χ1n) is 8.26. The van der Waals surface area contributed by atoms with E-state index in [-0.39, 0.29) is 0 Å². The van der Waals surface area contributed by atoms with Crippen LogP contribution in [0.5, 0.6) is 5.75 Å². The minimum atomic E-state index is 0.590. The molecule has 0 amide bonds. The topological polar surface area (TPSA) is 24.5 Å². The third-order valence-electron chi connectivity index (χ3n) is 4.00. The molecule has 3 nitrogen and oxygen atoms in total. The van der Waals surface area contributed by atoms with Crippen molar-refractivity contribution < 1.29 is 4.74 Å². The Bertz CT molecular complexity index is 601. The number of piperazine rings is 1. The van der Waals surface area contributed by atoms with E-state index >= 15 is 0 Å². The van der Waals surface area contributed by atoms with Gasteiger partial charge in [0.2, 0.25) is 0 Å². The Morgan fingerprint density at radius 3 is 2.43 bits per heavy atom. The molecule has 0 unspecified atom stereocenters. The van der Waals surface area contributed by atoms with E-state index in [0.29, 0.717) is 6.61 Å². The zero-order valence-corrected chi connectivity index (χ0v) is 13.4. The van der Waals surface area contributed by atoms with Gasteiger partial charge >= 0.3 is 0 Å². The third-order valence-corrected chi connectivity index (χ3v) is 4.00. The first-order valence-corrected chi connectivity index (χ1v) is 8.26.